The van der Waals surface area contributed by atoms with Crippen molar-refractivity contribution in [2.75, 3.05) is 25.6 Å². The Morgan fingerprint density at radius 1 is 1.29 bits per heavy atom. The number of rotatable bonds is 7. The summed E-state index contributed by atoms with van der Waals surface area (Å²) in [6.45, 7) is 1.02. The molecule has 0 atom stereocenters. The maximum Gasteiger partial charge on any atom is 0.410 e. The molecule has 8 nitrogen and oxygen atoms in total. The molecule has 0 saturated heterocycles. The van der Waals surface area contributed by atoms with Gasteiger partial charge < -0.3 is 19.7 Å². The Morgan fingerprint density at radius 2 is 2.14 bits per heavy atom. The van der Waals surface area contributed by atoms with Crippen LogP contribution in [0.5, 0.6) is 5.75 Å². The molecule has 4 rings (SSSR count). The van der Waals surface area contributed by atoms with E-state index in [0.29, 0.717) is 36.5 Å². The van der Waals surface area contributed by atoms with Crippen molar-refractivity contribution in [3.63, 3.8) is 0 Å². The molecule has 1 N–H and O–H groups in total. The molecule has 0 spiro atoms. The minimum atomic E-state index is -0.401. The van der Waals surface area contributed by atoms with Gasteiger partial charge in [0.05, 0.1) is 25.8 Å². The molecule has 1 aromatic carbocycles. The number of carbonyl (C=O) groups excluding carboxylic acids is 2. The molecule has 9 heteroatoms. The Hall–Kier alpha value is -4.16. The summed E-state index contributed by atoms with van der Waals surface area (Å²) in [7, 11) is 1.61. The van der Waals surface area contributed by atoms with Gasteiger partial charge in [0.2, 0.25) is 5.91 Å². The number of hydrogen-bond donors (Lipinski definition) is 1. The zero-order valence-corrected chi connectivity index (χ0v) is 20.0. The largest absolute Gasteiger partial charge is 0.496 e. The van der Waals surface area contributed by atoms with Gasteiger partial charge in [-0.15, -0.1) is 11.3 Å². The van der Waals surface area contributed by atoms with Crippen molar-refractivity contribution >= 4 is 34.4 Å². The lowest BCUT2D eigenvalue weighted by Crippen LogP contribution is -2.36. The number of benzene rings is 1. The SMILES string of the molecule is COc1ccccc1CCOC(=O)N1CCc2c(sc(NC(=O)C=Cc3cccnc3)c2C#N)C1. The Morgan fingerprint density at radius 3 is 2.91 bits per heavy atom. The number of aromatic nitrogens is 1. The second kappa shape index (κ2) is 11.3. The Labute approximate surface area is 207 Å². The molecular weight excluding hydrogens is 464 g/mol. The van der Waals surface area contributed by atoms with Gasteiger partial charge in [-0.25, -0.2) is 4.79 Å². The van der Waals surface area contributed by atoms with E-state index < -0.39 is 6.09 Å². The third kappa shape index (κ3) is 5.86. The molecule has 0 fully saturated rings. The molecule has 2 amide bonds. The number of methoxy groups -OCH3 is 1. The third-order valence-electron chi connectivity index (χ3n) is 5.56. The minimum Gasteiger partial charge on any atom is -0.496 e. The number of amides is 2. The summed E-state index contributed by atoms with van der Waals surface area (Å²) in [5.74, 6) is 0.426. The number of para-hydroxylation sites is 1. The van der Waals surface area contributed by atoms with E-state index in [1.165, 1.54) is 17.4 Å². The van der Waals surface area contributed by atoms with Crippen molar-refractivity contribution in [2.45, 2.75) is 19.4 Å². The number of pyridine rings is 1. The van der Waals surface area contributed by atoms with Gasteiger partial charge in [-0.1, -0.05) is 24.3 Å². The maximum absolute atomic E-state index is 12.6. The fourth-order valence-corrected chi connectivity index (χ4v) is 5.03. The summed E-state index contributed by atoms with van der Waals surface area (Å²) in [6, 6.07) is 13.5. The highest BCUT2D eigenvalue weighted by atomic mass is 32.1. The summed E-state index contributed by atoms with van der Waals surface area (Å²) in [6.07, 6.45) is 7.05. The Bertz CT molecular complexity index is 1280. The maximum atomic E-state index is 12.6. The van der Waals surface area contributed by atoms with Gasteiger partial charge in [0, 0.05) is 36.3 Å². The summed E-state index contributed by atoms with van der Waals surface area (Å²) in [5.41, 5.74) is 3.10. The topological polar surface area (TPSA) is 105 Å². The first kappa shape index (κ1) is 24.0. The fraction of sp³-hybridized carbons (Fsp3) is 0.231. The van der Waals surface area contributed by atoms with Crippen LogP contribution in [0, 0.1) is 11.3 Å². The monoisotopic (exact) mass is 488 g/mol. The van der Waals surface area contributed by atoms with Crippen molar-refractivity contribution in [3.8, 4) is 11.8 Å². The average Bonchev–Trinajstić information content (AvgIpc) is 3.24. The highest BCUT2D eigenvalue weighted by molar-refractivity contribution is 7.16. The first-order valence-corrected chi connectivity index (χ1v) is 11.9. The first-order chi connectivity index (χ1) is 17.1. The number of carbonyl (C=O) groups is 2. The van der Waals surface area contributed by atoms with E-state index in [1.807, 2.05) is 30.3 Å². The van der Waals surface area contributed by atoms with Crippen LogP contribution in [0.2, 0.25) is 0 Å². The number of fused-ring (bicyclic) bond motifs is 1. The summed E-state index contributed by atoms with van der Waals surface area (Å²) < 4.78 is 10.8. The fourth-order valence-electron chi connectivity index (χ4n) is 3.81. The number of nitriles is 1. The van der Waals surface area contributed by atoms with Crippen LogP contribution < -0.4 is 10.1 Å². The average molecular weight is 489 g/mol. The van der Waals surface area contributed by atoms with Crippen molar-refractivity contribution in [3.05, 3.63) is 82.0 Å². The van der Waals surface area contributed by atoms with Gasteiger partial charge in [-0.2, -0.15) is 5.26 Å². The van der Waals surface area contributed by atoms with Gasteiger partial charge in [0.15, 0.2) is 0 Å². The molecule has 3 aromatic rings. The molecule has 0 saturated carbocycles. The number of nitrogens with zero attached hydrogens (tertiary/aromatic N) is 3. The number of anilines is 1. The van der Waals surface area contributed by atoms with Gasteiger partial charge in [0.1, 0.15) is 16.8 Å². The lowest BCUT2D eigenvalue weighted by Gasteiger charge is -2.26. The number of ether oxygens (including phenoxy) is 2. The Balaban J connectivity index is 1.36. The van der Waals surface area contributed by atoms with Gasteiger partial charge in [-0.05, 0) is 41.3 Å². The second-order valence-electron chi connectivity index (χ2n) is 7.78. The summed E-state index contributed by atoms with van der Waals surface area (Å²) >= 11 is 1.32. The molecular formula is C26H24N4O4S. The van der Waals surface area contributed by atoms with Crippen LogP contribution in [0.3, 0.4) is 0 Å². The van der Waals surface area contributed by atoms with E-state index >= 15 is 0 Å². The third-order valence-corrected chi connectivity index (χ3v) is 6.70. The highest BCUT2D eigenvalue weighted by Gasteiger charge is 2.28. The molecule has 0 bridgehead atoms. The van der Waals surface area contributed by atoms with Crippen LogP contribution in [0.15, 0.2) is 54.9 Å². The van der Waals surface area contributed by atoms with Crippen LogP contribution in [0.25, 0.3) is 6.08 Å². The molecule has 0 aliphatic carbocycles. The molecule has 0 unspecified atom stereocenters. The first-order valence-electron chi connectivity index (χ1n) is 11.1. The van der Waals surface area contributed by atoms with E-state index in [1.54, 1.807) is 36.5 Å². The number of nitrogens with one attached hydrogen (secondary N) is 1. The van der Waals surface area contributed by atoms with E-state index in [4.69, 9.17) is 9.47 Å². The molecule has 2 aromatic heterocycles. The zero-order valence-electron chi connectivity index (χ0n) is 19.2. The van der Waals surface area contributed by atoms with E-state index in [9.17, 15) is 14.9 Å². The summed E-state index contributed by atoms with van der Waals surface area (Å²) in [5, 5.41) is 13.0. The standard InChI is InChI=1S/C26H24N4O4S/c1-33-22-7-3-2-6-19(22)11-14-34-26(32)30-13-10-20-21(15-27)25(35-23(20)17-30)29-24(31)9-8-18-5-4-12-28-16-18/h2-9,12,16H,10-11,13-14,17H2,1H3,(H,29,31). The lowest BCUT2D eigenvalue weighted by molar-refractivity contribution is -0.111. The van der Waals surface area contributed by atoms with Crippen LogP contribution in [-0.2, 0) is 28.9 Å². The van der Waals surface area contributed by atoms with E-state index in [2.05, 4.69) is 16.4 Å². The number of thiophene rings is 1. The van der Waals surface area contributed by atoms with Gasteiger partial charge in [0.25, 0.3) is 0 Å². The van der Waals surface area contributed by atoms with Crippen LogP contribution in [-0.4, -0.2) is 42.1 Å². The minimum absolute atomic E-state index is 0.237. The quantitative estimate of drug-likeness (QED) is 0.494. The van der Waals surface area contributed by atoms with E-state index in [0.717, 1.165) is 27.3 Å². The van der Waals surface area contributed by atoms with Crippen molar-refractivity contribution in [1.29, 1.82) is 5.26 Å². The molecule has 0 radical (unpaired) electrons. The van der Waals surface area contributed by atoms with E-state index in [-0.39, 0.29) is 12.5 Å². The predicted octanol–water partition coefficient (Wildman–Crippen LogP) is 4.41. The van der Waals surface area contributed by atoms with Crippen LogP contribution in [0.4, 0.5) is 9.80 Å². The number of hydrogen-bond acceptors (Lipinski definition) is 7. The molecule has 1 aliphatic heterocycles. The highest BCUT2D eigenvalue weighted by Crippen LogP contribution is 2.36. The second-order valence-corrected chi connectivity index (χ2v) is 8.88. The molecule has 35 heavy (non-hydrogen) atoms. The molecule has 178 valence electrons. The van der Waals surface area contributed by atoms with Crippen molar-refractivity contribution in [1.82, 2.24) is 9.88 Å². The van der Waals surface area contributed by atoms with Crippen molar-refractivity contribution < 1.29 is 19.1 Å². The lowest BCUT2D eigenvalue weighted by atomic mass is 10.0. The zero-order chi connectivity index (χ0) is 24.6. The Kier molecular flexibility index (Phi) is 7.75. The smallest absolute Gasteiger partial charge is 0.410 e. The van der Waals surface area contributed by atoms with Crippen LogP contribution >= 0.6 is 11.3 Å². The molecule has 1 aliphatic rings. The van der Waals surface area contributed by atoms with Crippen molar-refractivity contribution in [2.24, 2.45) is 0 Å². The summed E-state index contributed by atoms with van der Waals surface area (Å²) in [4.78, 5) is 31.6. The normalized spacial score (nSPS) is 12.6. The predicted molar refractivity (Wildman–Crippen MR) is 133 cm³/mol. The van der Waals surface area contributed by atoms with Crippen LogP contribution in [0.1, 0.15) is 27.1 Å². The van der Waals surface area contributed by atoms with Gasteiger partial charge in [-0.3, -0.25) is 9.78 Å². The molecule has 3 heterocycles. The van der Waals surface area contributed by atoms with Gasteiger partial charge >= 0.3 is 6.09 Å².